The molecule has 34 heavy (non-hydrogen) atoms. The second-order valence-electron chi connectivity index (χ2n) is 9.16. The van der Waals surface area contributed by atoms with Crippen molar-refractivity contribution in [3.8, 4) is 11.3 Å². The molecule has 3 N–H and O–H groups in total. The van der Waals surface area contributed by atoms with Crippen molar-refractivity contribution in [1.82, 2.24) is 15.3 Å². The Morgan fingerprint density at radius 1 is 0.912 bits per heavy atom. The van der Waals surface area contributed by atoms with Crippen LogP contribution in [0.5, 0.6) is 0 Å². The number of carbonyl (C=O) groups is 2. The first-order valence-corrected chi connectivity index (χ1v) is 11.8. The van der Waals surface area contributed by atoms with Crippen molar-refractivity contribution in [3.63, 3.8) is 0 Å². The minimum atomic E-state index is -0.243. The Morgan fingerprint density at radius 2 is 1.71 bits per heavy atom. The van der Waals surface area contributed by atoms with Gasteiger partial charge in [0.1, 0.15) is 5.69 Å². The van der Waals surface area contributed by atoms with Gasteiger partial charge in [0.05, 0.1) is 0 Å². The maximum absolute atomic E-state index is 12.8. The molecule has 0 saturated heterocycles. The number of nitrogens with one attached hydrogen (secondary N) is 3. The monoisotopic (exact) mass is 452 g/mol. The average molecular weight is 453 g/mol. The topological polar surface area (TPSA) is 86.9 Å². The minimum absolute atomic E-state index is 0.00259. The van der Waals surface area contributed by atoms with E-state index in [-0.39, 0.29) is 17.9 Å². The molecule has 0 radical (unpaired) electrons. The zero-order valence-corrected chi connectivity index (χ0v) is 19.2. The number of pyridine rings is 1. The van der Waals surface area contributed by atoms with Crippen LogP contribution in [0.1, 0.15) is 53.5 Å². The number of amides is 2. The number of aromatic amines is 1. The fourth-order valence-corrected chi connectivity index (χ4v) is 4.53. The summed E-state index contributed by atoms with van der Waals surface area (Å²) in [6, 6.07) is 21.0. The van der Waals surface area contributed by atoms with E-state index >= 15 is 0 Å². The number of hydrogen-bond acceptors (Lipinski definition) is 3. The molecule has 2 amide bonds. The number of fused-ring (bicyclic) bond motifs is 1. The molecule has 0 unspecified atom stereocenters. The first-order valence-electron chi connectivity index (χ1n) is 11.8. The molecule has 1 fully saturated rings. The lowest BCUT2D eigenvalue weighted by molar-refractivity contribution is 0.0922. The largest absolute Gasteiger partial charge is 0.355 e. The summed E-state index contributed by atoms with van der Waals surface area (Å²) in [4.78, 5) is 32.6. The van der Waals surface area contributed by atoms with E-state index in [2.05, 4.69) is 33.6 Å². The van der Waals surface area contributed by atoms with Crippen LogP contribution < -0.4 is 10.6 Å². The highest BCUT2D eigenvalue weighted by atomic mass is 16.2. The van der Waals surface area contributed by atoms with Gasteiger partial charge in [-0.2, -0.15) is 0 Å². The van der Waals surface area contributed by atoms with Gasteiger partial charge in [0, 0.05) is 40.1 Å². The normalized spacial score (nSPS) is 17.9. The third kappa shape index (κ3) is 4.86. The molecule has 1 aliphatic rings. The summed E-state index contributed by atoms with van der Waals surface area (Å²) in [5, 5.41) is 7.06. The number of carbonyl (C=O) groups excluding carboxylic acids is 2. The molecule has 6 heteroatoms. The van der Waals surface area contributed by atoms with Gasteiger partial charge in [-0.15, -0.1) is 0 Å². The quantitative estimate of drug-likeness (QED) is 0.358. The van der Waals surface area contributed by atoms with Crippen LogP contribution in [-0.2, 0) is 0 Å². The SMILES string of the molecule is CC1CCC(NC(=O)c2ccc3[nH]c(-c4ccc(NC(=O)c5ccccn5)cc4)cc3c2)CC1. The standard InChI is InChI=1S/C28H28N4O2/c1-18-5-10-22(11-6-18)30-27(33)20-9-14-24-21(16-20)17-26(32-24)19-7-12-23(13-8-19)31-28(34)25-4-2-3-15-29-25/h2-4,7-9,12-18,22,32H,5-6,10-11H2,1H3,(H,30,33)(H,31,34). The van der Waals surface area contributed by atoms with E-state index in [0.29, 0.717) is 16.9 Å². The van der Waals surface area contributed by atoms with Gasteiger partial charge in [-0.25, -0.2) is 0 Å². The fourth-order valence-electron chi connectivity index (χ4n) is 4.53. The van der Waals surface area contributed by atoms with Gasteiger partial charge < -0.3 is 15.6 Å². The molecule has 0 atom stereocenters. The Balaban J connectivity index is 1.28. The highest BCUT2D eigenvalue weighted by Crippen LogP contribution is 2.27. The first kappa shape index (κ1) is 21.9. The second-order valence-corrected chi connectivity index (χ2v) is 9.16. The van der Waals surface area contributed by atoms with Gasteiger partial charge >= 0.3 is 0 Å². The number of nitrogens with zero attached hydrogens (tertiary/aromatic N) is 1. The van der Waals surface area contributed by atoms with Crippen molar-refractivity contribution < 1.29 is 9.59 Å². The van der Waals surface area contributed by atoms with Crippen molar-refractivity contribution in [1.29, 1.82) is 0 Å². The molecule has 4 aromatic rings. The molecule has 2 aromatic carbocycles. The third-order valence-electron chi connectivity index (χ3n) is 6.59. The molecule has 0 aliphatic heterocycles. The summed E-state index contributed by atoms with van der Waals surface area (Å²) in [5.74, 6) is 0.513. The van der Waals surface area contributed by atoms with Gasteiger partial charge in [0.25, 0.3) is 11.8 Å². The zero-order chi connectivity index (χ0) is 23.5. The van der Waals surface area contributed by atoms with Crippen LogP contribution in [0, 0.1) is 5.92 Å². The zero-order valence-electron chi connectivity index (χ0n) is 19.2. The Labute approximate surface area is 198 Å². The number of anilines is 1. The van der Waals surface area contributed by atoms with E-state index in [9.17, 15) is 9.59 Å². The molecule has 0 bridgehead atoms. The van der Waals surface area contributed by atoms with E-state index in [1.165, 1.54) is 12.8 Å². The molecular weight excluding hydrogens is 424 g/mol. The maximum atomic E-state index is 12.8. The van der Waals surface area contributed by atoms with Crippen molar-refractivity contribution in [2.24, 2.45) is 5.92 Å². The summed E-state index contributed by atoms with van der Waals surface area (Å²) < 4.78 is 0. The molecule has 0 spiro atoms. The Kier molecular flexibility index (Phi) is 6.12. The molecular formula is C28H28N4O2. The second kappa shape index (κ2) is 9.51. The summed E-state index contributed by atoms with van der Waals surface area (Å²) >= 11 is 0. The van der Waals surface area contributed by atoms with Gasteiger partial charge in [-0.3, -0.25) is 14.6 Å². The summed E-state index contributed by atoms with van der Waals surface area (Å²) in [6.07, 6.45) is 6.07. The Bertz CT molecular complexity index is 1300. The van der Waals surface area contributed by atoms with E-state index in [1.807, 2.05) is 42.5 Å². The van der Waals surface area contributed by atoms with Gasteiger partial charge in [0.15, 0.2) is 0 Å². The van der Waals surface area contributed by atoms with Crippen LogP contribution in [0.3, 0.4) is 0 Å². The highest BCUT2D eigenvalue weighted by molar-refractivity contribution is 6.03. The predicted octanol–water partition coefficient (Wildman–Crippen LogP) is 5.79. The smallest absolute Gasteiger partial charge is 0.274 e. The summed E-state index contributed by atoms with van der Waals surface area (Å²) in [6.45, 7) is 2.28. The fraction of sp³-hybridized carbons (Fsp3) is 0.250. The van der Waals surface area contributed by atoms with Gasteiger partial charge in [0.2, 0.25) is 0 Å². The number of benzene rings is 2. The lowest BCUT2D eigenvalue weighted by Crippen LogP contribution is -2.37. The number of H-pyrrole nitrogens is 1. The average Bonchev–Trinajstić information content (AvgIpc) is 3.30. The van der Waals surface area contributed by atoms with Crippen LogP contribution in [0.4, 0.5) is 5.69 Å². The van der Waals surface area contributed by atoms with Crippen LogP contribution in [-0.4, -0.2) is 27.8 Å². The van der Waals surface area contributed by atoms with E-state index in [1.54, 1.807) is 24.4 Å². The molecule has 1 saturated carbocycles. The molecule has 5 rings (SSSR count). The van der Waals surface area contributed by atoms with Crippen LogP contribution in [0.2, 0.25) is 0 Å². The lowest BCUT2D eigenvalue weighted by Gasteiger charge is -2.26. The van der Waals surface area contributed by atoms with Crippen LogP contribution in [0.25, 0.3) is 22.2 Å². The van der Waals surface area contributed by atoms with Crippen LogP contribution in [0.15, 0.2) is 72.9 Å². The molecule has 2 aromatic heterocycles. The Morgan fingerprint density at radius 3 is 2.44 bits per heavy atom. The van der Waals surface area contributed by atoms with Crippen molar-refractivity contribution in [2.75, 3.05) is 5.32 Å². The molecule has 172 valence electrons. The summed E-state index contributed by atoms with van der Waals surface area (Å²) in [5.41, 5.74) is 4.69. The lowest BCUT2D eigenvalue weighted by atomic mass is 9.87. The molecule has 6 nitrogen and oxygen atoms in total. The number of rotatable bonds is 5. The van der Waals surface area contributed by atoms with Gasteiger partial charge in [-0.1, -0.05) is 25.1 Å². The maximum Gasteiger partial charge on any atom is 0.274 e. The number of hydrogen-bond donors (Lipinski definition) is 3. The minimum Gasteiger partial charge on any atom is -0.355 e. The Hall–Kier alpha value is -3.93. The predicted molar refractivity (Wildman–Crippen MR) is 135 cm³/mol. The third-order valence-corrected chi connectivity index (χ3v) is 6.59. The first-order chi connectivity index (χ1) is 16.5. The molecule has 2 heterocycles. The van der Waals surface area contributed by atoms with Crippen molar-refractivity contribution >= 4 is 28.4 Å². The summed E-state index contributed by atoms with van der Waals surface area (Å²) in [7, 11) is 0. The van der Waals surface area contributed by atoms with E-state index < -0.39 is 0 Å². The van der Waals surface area contributed by atoms with E-state index in [4.69, 9.17) is 0 Å². The highest BCUT2D eigenvalue weighted by Gasteiger charge is 2.20. The van der Waals surface area contributed by atoms with Crippen molar-refractivity contribution in [2.45, 2.75) is 38.6 Å². The van der Waals surface area contributed by atoms with Crippen molar-refractivity contribution in [3.05, 3.63) is 84.2 Å². The van der Waals surface area contributed by atoms with Gasteiger partial charge in [-0.05, 0) is 85.7 Å². The number of aromatic nitrogens is 2. The van der Waals surface area contributed by atoms with Crippen LogP contribution >= 0.6 is 0 Å². The van der Waals surface area contributed by atoms with E-state index in [0.717, 1.165) is 40.9 Å². The molecule has 1 aliphatic carbocycles.